The summed E-state index contributed by atoms with van der Waals surface area (Å²) < 4.78 is 11.6. The average Bonchev–Trinajstić information content (AvgIpc) is 3.03. The van der Waals surface area contributed by atoms with Crippen LogP contribution in [-0.2, 0) is 4.74 Å². The van der Waals surface area contributed by atoms with Crippen molar-refractivity contribution in [1.29, 1.82) is 0 Å². The van der Waals surface area contributed by atoms with Crippen LogP contribution < -0.4 is 10.2 Å². The number of hydrazine groups is 1. The van der Waals surface area contributed by atoms with E-state index in [2.05, 4.69) is 20.4 Å². The molecule has 1 fully saturated rings. The normalized spacial score (nSPS) is 30.1. The predicted molar refractivity (Wildman–Crippen MR) is 75.4 cm³/mol. The van der Waals surface area contributed by atoms with Crippen molar-refractivity contribution < 1.29 is 9.47 Å². The van der Waals surface area contributed by atoms with E-state index in [4.69, 9.17) is 9.47 Å². The second-order valence-corrected chi connectivity index (χ2v) is 5.12. The summed E-state index contributed by atoms with van der Waals surface area (Å²) in [6.45, 7) is 0.715. The third-order valence-corrected chi connectivity index (χ3v) is 3.91. The zero-order valence-electron chi connectivity index (χ0n) is 11.6. The van der Waals surface area contributed by atoms with E-state index < -0.39 is 0 Å². The molecule has 3 atom stereocenters. The van der Waals surface area contributed by atoms with Gasteiger partial charge in [0.05, 0.1) is 12.4 Å². The molecule has 0 spiro atoms. The van der Waals surface area contributed by atoms with Crippen LogP contribution in [0.5, 0.6) is 5.88 Å². The van der Waals surface area contributed by atoms with E-state index in [1.54, 1.807) is 19.6 Å². The van der Waals surface area contributed by atoms with Crippen molar-refractivity contribution in [2.75, 3.05) is 13.8 Å². The van der Waals surface area contributed by atoms with Crippen LogP contribution in [0.2, 0.25) is 0 Å². The molecule has 0 radical (unpaired) electrons. The first-order valence-corrected chi connectivity index (χ1v) is 6.98. The molecule has 6 nitrogen and oxygen atoms in total. The van der Waals surface area contributed by atoms with Crippen molar-refractivity contribution in [1.82, 2.24) is 15.4 Å². The summed E-state index contributed by atoms with van der Waals surface area (Å²) in [4.78, 5) is 8.40. The van der Waals surface area contributed by atoms with Gasteiger partial charge in [-0.1, -0.05) is 6.07 Å². The molecule has 1 aromatic rings. The van der Waals surface area contributed by atoms with Gasteiger partial charge in [0.25, 0.3) is 0 Å². The summed E-state index contributed by atoms with van der Waals surface area (Å²) >= 11 is 0. The third-order valence-electron chi connectivity index (χ3n) is 3.91. The Hall–Kier alpha value is -1.66. The molecule has 1 N–H and O–H groups in total. The molecule has 108 valence electrons. The molecular formula is C14H20N4O2. The molecule has 1 aliphatic heterocycles. The van der Waals surface area contributed by atoms with Gasteiger partial charge in [-0.3, -0.25) is 4.99 Å². The lowest BCUT2D eigenvalue weighted by Gasteiger charge is -2.38. The van der Waals surface area contributed by atoms with Gasteiger partial charge in [0.2, 0.25) is 5.88 Å². The Morgan fingerprint density at radius 2 is 2.25 bits per heavy atom. The molecule has 1 aromatic heterocycles. The van der Waals surface area contributed by atoms with Crippen LogP contribution in [0.1, 0.15) is 19.3 Å². The average molecular weight is 276 g/mol. The first kappa shape index (κ1) is 13.3. The summed E-state index contributed by atoms with van der Waals surface area (Å²) in [5.41, 5.74) is 3.17. The fraction of sp³-hybridized carbons (Fsp3) is 0.571. The van der Waals surface area contributed by atoms with E-state index in [0.29, 0.717) is 18.6 Å². The van der Waals surface area contributed by atoms with Crippen molar-refractivity contribution in [3.8, 4) is 5.88 Å². The minimum absolute atomic E-state index is 0.0645. The zero-order valence-corrected chi connectivity index (χ0v) is 11.6. The maximum absolute atomic E-state index is 5.96. The topological polar surface area (TPSA) is 59.0 Å². The van der Waals surface area contributed by atoms with E-state index in [9.17, 15) is 0 Å². The second kappa shape index (κ2) is 6.19. The number of rotatable bonds is 4. The number of nitrogens with one attached hydrogen (secondary N) is 1. The Balaban J connectivity index is 1.60. The SMILES string of the molecule is COC1CC(N2CN=CN2)CCC1Oc1ccccn1. The van der Waals surface area contributed by atoms with Crippen LogP contribution in [0, 0.1) is 0 Å². The third kappa shape index (κ3) is 2.91. The van der Waals surface area contributed by atoms with Crippen LogP contribution in [0.4, 0.5) is 0 Å². The fourth-order valence-electron chi connectivity index (χ4n) is 2.82. The zero-order chi connectivity index (χ0) is 13.8. The highest BCUT2D eigenvalue weighted by atomic mass is 16.5. The maximum atomic E-state index is 5.96. The summed E-state index contributed by atoms with van der Waals surface area (Å²) in [5, 5.41) is 2.16. The second-order valence-electron chi connectivity index (χ2n) is 5.12. The Morgan fingerprint density at radius 1 is 1.30 bits per heavy atom. The van der Waals surface area contributed by atoms with Crippen LogP contribution in [0.25, 0.3) is 0 Å². The van der Waals surface area contributed by atoms with E-state index >= 15 is 0 Å². The van der Waals surface area contributed by atoms with E-state index in [1.807, 2.05) is 18.2 Å². The predicted octanol–water partition coefficient (Wildman–Crippen LogP) is 1.20. The fourth-order valence-corrected chi connectivity index (χ4v) is 2.82. The molecule has 2 aliphatic rings. The van der Waals surface area contributed by atoms with Gasteiger partial charge in [-0.15, -0.1) is 0 Å². The van der Waals surface area contributed by atoms with Crippen molar-refractivity contribution in [2.45, 2.75) is 37.5 Å². The van der Waals surface area contributed by atoms with Gasteiger partial charge in [-0.2, -0.15) is 5.01 Å². The molecule has 6 heteroatoms. The highest BCUT2D eigenvalue weighted by Gasteiger charge is 2.35. The monoisotopic (exact) mass is 276 g/mol. The lowest BCUT2D eigenvalue weighted by Crippen LogP contribution is -2.50. The van der Waals surface area contributed by atoms with Crippen molar-refractivity contribution in [2.24, 2.45) is 4.99 Å². The summed E-state index contributed by atoms with van der Waals surface area (Å²) in [7, 11) is 1.75. The number of hydrogen-bond donors (Lipinski definition) is 1. The Kier molecular flexibility index (Phi) is 4.13. The Morgan fingerprint density at radius 3 is 2.95 bits per heavy atom. The van der Waals surface area contributed by atoms with Gasteiger partial charge in [-0.05, 0) is 25.3 Å². The minimum Gasteiger partial charge on any atom is -0.472 e. The summed E-state index contributed by atoms with van der Waals surface area (Å²) in [6.07, 6.45) is 6.59. The van der Waals surface area contributed by atoms with Crippen LogP contribution in [0.3, 0.4) is 0 Å². The Bertz CT molecular complexity index is 446. The highest BCUT2D eigenvalue weighted by Crippen LogP contribution is 2.27. The van der Waals surface area contributed by atoms with Crippen LogP contribution >= 0.6 is 0 Å². The van der Waals surface area contributed by atoms with Crippen molar-refractivity contribution in [3.05, 3.63) is 24.4 Å². The van der Waals surface area contributed by atoms with Gasteiger partial charge in [0, 0.05) is 25.4 Å². The minimum atomic E-state index is 0.0645. The molecule has 0 aromatic carbocycles. The molecule has 3 rings (SSSR count). The number of aliphatic imine (C=N–C) groups is 1. The molecule has 1 aliphatic carbocycles. The van der Waals surface area contributed by atoms with Gasteiger partial charge < -0.3 is 14.9 Å². The van der Waals surface area contributed by atoms with Gasteiger partial charge >= 0.3 is 0 Å². The first-order chi connectivity index (χ1) is 9.86. The highest BCUT2D eigenvalue weighted by molar-refractivity contribution is 5.55. The van der Waals surface area contributed by atoms with Crippen molar-refractivity contribution >= 4 is 6.34 Å². The maximum Gasteiger partial charge on any atom is 0.213 e. The lowest BCUT2D eigenvalue weighted by atomic mass is 9.90. The van der Waals surface area contributed by atoms with Crippen LogP contribution in [-0.4, -0.2) is 48.4 Å². The van der Waals surface area contributed by atoms with E-state index in [0.717, 1.165) is 19.3 Å². The van der Waals surface area contributed by atoms with Crippen molar-refractivity contribution in [3.63, 3.8) is 0 Å². The molecule has 0 saturated heterocycles. The quantitative estimate of drug-likeness (QED) is 0.895. The number of nitrogens with zero attached hydrogens (tertiary/aromatic N) is 3. The standard InChI is InChI=1S/C14H20N4O2/c1-19-13-8-11(18-10-15-9-17-18)5-6-12(13)20-14-4-2-3-7-16-14/h2-4,7,9,11-13H,5-6,8,10H2,1H3,(H,15,17). The molecule has 1 saturated carbocycles. The molecule has 0 amide bonds. The van der Waals surface area contributed by atoms with E-state index in [-0.39, 0.29) is 12.2 Å². The lowest BCUT2D eigenvalue weighted by molar-refractivity contribution is -0.0517. The molecule has 2 heterocycles. The van der Waals surface area contributed by atoms with Gasteiger partial charge in [0.1, 0.15) is 12.8 Å². The summed E-state index contributed by atoms with van der Waals surface area (Å²) in [6, 6.07) is 6.14. The van der Waals surface area contributed by atoms with Crippen LogP contribution in [0.15, 0.2) is 29.4 Å². The van der Waals surface area contributed by atoms with Gasteiger partial charge in [-0.25, -0.2) is 4.98 Å². The molecular weight excluding hydrogens is 256 g/mol. The first-order valence-electron chi connectivity index (χ1n) is 6.98. The number of ether oxygens (including phenoxy) is 2. The number of aromatic nitrogens is 1. The number of methoxy groups -OCH3 is 1. The molecule has 3 unspecified atom stereocenters. The van der Waals surface area contributed by atoms with E-state index in [1.165, 1.54) is 0 Å². The molecule has 20 heavy (non-hydrogen) atoms. The summed E-state index contributed by atoms with van der Waals surface area (Å²) in [5.74, 6) is 0.667. The number of pyridine rings is 1. The molecule has 0 bridgehead atoms. The number of hydrogen-bond acceptors (Lipinski definition) is 6. The largest absolute Gasteiger partial charge is 0.472 e. The Labute approximate surface area is 118 Å². The van der Waals surface area contributed by atoms with Gasteiger partial charge in [0.15, 0.2) is 0 Å². The smallest absolute Gasteiger partial charge is 0.213 e.